The van der Waals surface area contributed by atoms with Crippen molar-refractivity contribution in [1.29, 1.82) is 0 Å². The van der Waals surface area contributed by atoms with Gasteiger partial charge in [-0.2, -0.15) is 0 Å². The summed E-state index contributed by atoms with van der Waals surface area (Å²) < 4.78 is 5.30. The van der Waals surface area contributed by atoms with Crippen LogP contribution >= 0.6 is 11.6 Å². The number of ketones is 1. The Kier molecular flexibility index (Phi) is 5.29. The molecular formula is C22H20ClNO3. The molecular weight excluding hydrogens is 362 g/mol. The monoisotopic (exact) mass is 381 g/mol. The number of esters is 1. The molecule has 1 heterocycles. The topological polar surface area (TPSA) is 56.3 Å². The Morgan fingerprint density at radius 3 is 2.41 bits per heavy atom. The average molecular weight is 382 g/mol. The second-order valence-corrected chi connectivity index (χ2v) is 7.71. The minimum absolute atomic E-state index is 0.138. The zero-order chi connectivity index (χ0) is 19.6. The van der Waals surface area contributed by atoms with Gasteiger partial charge >= 0.3 is 5.97 Å². The van der Waals surface area contributed by atoms with Gasteiger partial charge in [-0.15, -0.1) is 0 Å². The van der Waals surface area contributed by atoms with E-state index in [0.29, 0.717) is 27.2 Å². The fourth-order valence-corrected chi connectivity index (χ4v) is 2.81. The Bertz CT molecular complexity index is 1020. The number of halogens is 1. The predicted molar refractivity (Wildman–Crippen MR) is 107 cm³/mol. The Morgan fingerprint density at radius 2 is 1.70 bits per heavy atom. The molecule has 0 aliphatic heterocycles. The van der Waals surface area contributed by atoms with Gasteiger partial charge in [0.15, 0.2) is 12.4 Å². The molecule has 3 aromatic rings. The fraction of sp³-hybridized carbons (Fsp3) is 0.227. The number of pyridine rings is 1. The lowest BCUT2D eigenvalue weighted by Crippen LogP contribution is -2.26. The maximum Gasteiger partial charge on any atom is 0.339 e. The van der Waals surface area contributed by atoms with Crippen LogP contribution in [0.2, 0.25) is 5.02 Å². The van der Waals surface area contributed by atoms with Crippen molar-refractivity contribution in [2.45, 2.75) is 20.8 Å². The highest BCUT2D eigenvalue weighted by atomic mass is 35.5. The number of para-hydroxylation sites is 1. The van der Waals surface area contributed by atoms with Gasteiger partial charge in [0, 0.05) is 21.4 Å². The van der Waals surface area contributed by atoms with Crippen molar-refractivity contribution in [1.82, 2.24) is 4.98 Å². The number of fused-ring (bicyclic) bond motifs is 1. The molecule has 0 aliphatic carbocycles. The Hall–Kier alpha value is -2.72. The molecule has 0 radical (unpaired) electrons. The van der Waals surface area contributed by atoms with E-state index in [1.165, 1.54) is 0 Å². The van der Waals surface area contributed by atoms with E-state index in [-0.39, 0.29) is 12.4 Å². The Morgan fingerprint density at radius 1 is 1.04 bits per heavy atom. The van der Waals surface area contributed by atoms with E-state index in [1.54, 1.807) is 39.0 Å². The molecule has 0 fully saturated rings. The normalized spacial score (nSPS) is 11.4. The van der Waals surface area contributed by atoms with Gasteiger partial charge in [-0.25, -0.2) is 9.78 Å². The van der Waals surface area contributed by atoms with Gasteiger partial charge in [-0.05, 0) is 18.2 Å². The van der Waals surface area contributed by atoms with E-state index in [9.17, 15) is 9.59 Å². The van der Waals surface area contributed by atoms with Gasteiger partial charge in [0.2, 0.25) is 0 Å². The van der Waals surface area contributed by atoms with Gasteiger partial charge in [0.1, 0.15) is 0 Å². The van der Waals surface area contributed by atoms with Crippen LogP contribution in [0.25, 0.3) is 22.2 Å². The first-order chi connectivity index (χ1) is 12.8. The lowest BCUT2D eigenvalue weighted by atomic mass is 9.91. The lowest BCUT2D eigenvalue weighted by molar-refractivity contribution is -0.129. The van der Waals surface area contributed by atoms with Crippen molar-refractivity contribution in [3.05, 3.63) is 65.2 Å². The van der Waals surface area contributed by atoms with E-state index >= 15 is 0 Å². The molecule has 0 atom stereocenters. The summed E-state index contributed by atoms with van der Waals surface area (Å²) >= 11 is 6.29. The summed E-state index contributed by atoms with van der Waals surface area (Å²) in [4.78, 5) is 29.4. The number of Topliss-reactive ketones (excluding diaryl/α,β-unsaturated/α-hetero) is 1. The van der Waals surface area contributed by atoms with Crippen LogP contribution < -0.4 is 0 Å². The molecule has 0 spiro atoms. The summed E-state index contributed by atoms with van der Waals surface area (Å²) in [6.07, 6.45) is 0. The quantitative estimate of drug-likeness (QED) is 0.573. The molecule has 0 amide bonds. The minimum Gasteiger partial charge on any atom is -0.454 e. The number of hydrogen-bond acceptors (Lipinski definition) is 4. The van der Waals surface area contributed by atoms with Crippen LogP contribution in [0.5, 0.6) is 0 Å². The van der Waals surface area contributed by atoms with E-state index < -0.39 is 11.4 Å². The third kappa shape index (κ3) is 4.17. The maximum atomic E-state index is 12.7. The largest absolute Gasteiger partial charge is 0.454 e. The van der Waals surface area contributed by atoms with Crippen LogP contribution in [0.4, 0.5) is 0 Å². The summed E-state index contributed by atoms with van der Waals surface area (Å²) in [6.45, 7) is 5.11. The molecule has 3 rings (SSSR count). The maximum absolute atomic E-state index is 12.7. The zero-order valence-electron chi connectivity index (χ0n) is 15.5. The Labute approximate surface area is 163 Å². The van der Waals surface area contributed by atoms with Crippen LogP contribution in [-0.2, 0) is 9.53 Å². The minimum atomic E-state index is -0.566. The molecule has 0 bridgehead atoms. The Balaban J connectivity index is 2.02. The average Bonchev–Trinajstić information content (AvgIpc) is 2.64. The molecule has 5 heteroatoms. The first-order valence-corrected chi connectivity index (χ1v) is 9.00. The molecule has 0 N–H and O–H groups in total. The molecule has 27 heavy (non-hydrogen) atoms. The zero-order valence-corrected chi connectivity index (χ0v) is 16.2. The number of aromatic nitrogens is 1. The van der Waals surface area contributed by atoms with E-state index in [1.807, 2.05) is 36.4 Å². The van der Waals surface area contributed by atoms with E-state index in [2.05, 4.69) is 4.98 Å². The number of hydrogen-bond donors (Lipinski definition) is 0. The summed E-state index contributed by atoms with van der Waals surface area (Å²) in [5, 5.41) is 1.21. The van der Waals surface area contributed by atoms with Crippen molar-refractivity contribution in [3.8, 4) is 11.3 Å². The highest BCUT2D eigenvalue weighted by molar-refractivity contribution is 6.33. The third-order valence-electron chi connectivity index (χ3n) is 4.26. The smallest absolute Gasteiger partial charge is 0.339 e. The molecule has 0 saturated carbocycles. The molecule has 2 aromatic carbocycles. The highest BCUT2D eigenvalue weighted by Crippen LogP contribution is 2.30. The van der Waals surface area contributed by atoms with Gasteiger partial charge in [0.05, 0.1) is 16.8 Å². The molecule has 4 nitrogen and oxygen atoms in total. The summed E-state index contributed by atoms with van der Waals surface area (Å²) in [5.74, 6) is -0.694. The first-order valence-electron chi connectivity index (χ1n) is 8.62. The number of carbonyl (C=O) groups is 2. The molecule has 0 saturated heterocycles. The van der Waals surface area contributed by atoms with Crippen LogP contribution in [-0.4, -0.2) is 23.3 Å². The molecule has 138 valence electrons. The van der Waals surface area contributed by atoms with Crippen LogP contribution in [0, 0.1) is 5.41 Å². The van der Waals surface area contributed by atoms with Gasteiger partial charge in [-0.3, -0.25) is 4.79 Å². The SMILES string of the molecule is CC(C)(C)C(=O)COC(=O)c1cc(-c2ccccc2Cl)nc2ccccc12. The predicted octanol–water partition coefficient (Wildman–Crippen LogP) is 5.33. The van der Waals surface area contributed by atoms with Gasteiger partial charge in [0.25, 0.3) is 0 Å². The third-order valence-corrected chi connectivity index (χ3v) is 4.59. The van der Waals surface area contributed by atoms with Crippen molar-refractivity contribution >= 4 is 34.3 Å². The van der Waals surface area contributed by atoms with Crippen molar-refractivity contribution < 1.29 is 14.3 Å². The van der Waals surface area contributed by atoms with E-state index in [4.69, 9.17) is 16.3 Å². The first kappa shape index (κ1) is 19.1. The summed E-state index contributed by atoms with van der Waals surface area (Å²) in [5.41, 5.74) is 1.75. The fourth-order valence-electron chi connectivity index (χ4n) is 2.58. The number of nitrogens with zero attached hydrogens (tertiary/aromatic N) is 1. The van der Waals surface area contributed by atoms with Crippen LogP contribution in [0.15, 0.2) is 54.6 Å². The summed E-state index contributed by atoms with van der Waals surface area (Å²) in [7, 11) is 0. The number of carbonyl (C=O) groups excluding carboxylic acids is 2. The van der Waals surface area contributed by atoms with Gasteiger partial charge < -0.3 is 4.74 Å². The second-order valence-electron chi connectivity index (χ2n) is 7.30. The molecule has 0 aliphatic rings. The van der Waals surface area contributed by atoms with Crippen LogP contribution in [0.3, 0.4) is 0 Å². The molecule has 1 aromatic heterocycles. The molecule has 0 unspecified atom stereocenters. The second kappa shape index (κ2) is 7.49. The highest BCUT2D eigenvalue weighted by Gasteiger charge is 2.23. The van der Waals surface area contributed by atoms with Crippen molar-refractivity contribution in [2.24, 2.45) is 5.41 Å². The van der Waals surface area contributed by atoms with Crippen molar-refractivity contribution in [2.75, 3.05) is 6.61 Å². The number of benzene rings is 2. The van der Waals surface area contributed by atoms with E-state index in [0.717, 1.165) is 5.56 Å². The lowest BCUT2D eigenvalue weighted by Gasteiger charge is -2.16. The van der Waals surface area contributed by atoms with Crippen molar-refractivity contribution in [3.63, 3.8) is 0 Å². The van der Waals surface area contributed by atoms with Crippen LogP contribution in [0.1, 0.15) is 31.1 Å². The van der Waals surface area contributed by atoms with Gasteiger partial charge in [-0.1, -0.05) is 68.8 Å². The number of ether oxygens (including phenoxy) is 1. The summed E-state index contributed by atoms with van der Waals surface area (Å²) in [6, 6.07) is 16.3. The number of rotatable bonds is 4. The standard InChI is InChI=1S/C22H20ClNO3/c1-22(2,3)20(25)13-27-21(26)16-12-19(15-9-4-6-10-17(15)23)24-18-11-7-5-8-14(16)18/h4-12H,13H2,1-3H3.